The molecule has 55 heavy (non-hydrogen) atoms. The van der Waals surface area contributed by atoms with E-state index in [1.807, 2.05) is 0 Å². The molecule has 0 aliphatic carbocycles. The number of carbonyl (C=O) groups excluding carboxylic acids is 2. The molecule has 2 heterocycles. The topological polar surface area (TPSA) is 194 Å². The van der Waals surface area contributed by atoms with Crippen LogP contribution >= 0.6 is 0 Å². The zero-order chi connectivity index (χ0) is 39.5. The quantitative estimate of drug-likeness (QED) is 0.0838. The Kier molecular flexibility index (Phi) is 18.1. The van der Waals surface area contributed by atoms with Crippen molar-refractivity contribution in [2.45, 2.75) is 18.4 Å². The first-order chi connectivity index (χ1) is 26.6. The van der Waals surface area contributed by atoms with Crippen molar-refractivity contribution < 1.29 is 75.6 Å². The van der Waals surface area contributed by atoms with E-state index in [9.17, 15) is 27.6 Å². The van der Waals surface area contributed by atoms with Crippen LogP contribution in [0.15, 0.2) is 53.3 Å². The number of cyclic esters (lactones) is 1. The number of hydrogen-bond donors (Lipinski definition) is 3. The van der Waals surface area contributed by atoms with E-state index >= 15 is 0 Å². The zero-order valence-corrected chi connectivity index (χ0v) is 30.0. The first kappa shape index (κ1) is 43.4. The van der Waals surface area contributed by atoms with Gasteiger partial charge in [0.25, 0.3) is 5.56 Å². The molecule has 1 aromatic heterocycles. The molecule has 0 saturated carbocycles. The molecule has 1 aliphatic heterocycles. The summed E-state index contributed by atoms with van der Waals surface area (Å²) in [5.41, 5.74) is -1.46. The molecule has 3 aromatic rings. The predicted octanol–water partition coefficient (Wildman–Crippen LogP) is 3.15. The van der Waals surface area contributed by atoms with Crippen molar-refractivity contribution in [2.75, 3.05) is 111 Å². The van der Waals surface area contributed by atoms with Gasteiger partial charge in [0, 0.05) is 22.3 Å². The van der Waals surface area contributed by atoms with Crippen LogP contribution in [0.3, 0.4) is 0 Å². The number of ether oxygens (including phenoxy) is 9. The zero-order valence-electron chi connectivity index (χ0n) is 30.0. The number of alkyl halides is 3. The van der Waals surface area contributed by atoms with Crippen molar-refractivity contribution >= 4 is 28.7 Å². The predicted molar refractivity (Wildman–Crippen MR) is 188 cm³/mol. The second-order valence-electron chi connectivity index (χ2n) is 11.8. The number of hydrogen-bond acceptors (Lipinski definition) is 14. The van der Waals surface area contributed by atoms with E-state index in [1.54, 1.807) is 0 Å². The highest BCUT2D eigenvalue weighted by atomic mass is 19.4. The van der Waals surface area contributed by atoms with Crippen LogP contribution in [-0.4, -0.2) is 145 Å². The average Bonchev–Trinajstić information content (AvgIpc) is 3.55. The maximum Gasteiger partial charge on any atom is 0.508 e. The highest BCUT2D eigenvalue weighted by Crippen LogP contribution is 2.37. The maximum absolute atomic E-state index is 13.6. The van der Waals surface area contributed by atoms with Gasteiger partial charge in [0.1, 0.15) is 6.61 Å². The molecule has 4 rings (SSSR count). The number of nitrogens with zero attached hydrogens (tertiary/aromatic N) is 1. The van der Waals surface area contributed by atoms with Gasteiger partial charge in [-0.05, 0) is 29.7 Å². The number of nitrogens with one attached hydrogen (secondary N) is 1. The Morgan fingerprint density at radius 2 is 1.40 bits per heavy atom. The minimum absolute atomic E-state index is 0.0140. The first-order valence-electron chi connectivity index (χ1n) is 17.4. The van der Waals surface area contributed by atoms with Crippen molar-refractivity contribution in [3.05, 3.63) is 64.4 Å². The Morgan fingerprint density at radius 1 is 0.818 bits per heavy atom. The number of carbonyl (C=O) groups is 2. The second-order valence-corrected chi connectivity index (χ2v) is 11.8. The van der Waals surface area contributed by atoms with Crippen LogP contribution in [0, 0.1) is 0 Å². The number of halogens is 3. The van der Waals surface area contributed by atoms with Gasteiger partial charge in [-0.15, -0.1) is 0 Å². The number of H-pyrrole nitrogens is 1. The first-order valence-corrected chi connectivity index (χ1v) is 17.4. The number of rotatable bonds is 25. The van der Waals surface area contributed by atoms with E-state index in [1.165, 1.54) is 47.4 Å². The van der Waals surface area contributed by atoms with Gasteiger partial charge in [0.2, 0.25) is 0 Å². The van der Waals surface area contributed by atoms with Crippen molar-refractivity contribution in [1.29, 1.82) is 0 Å². The fourth-order valence-corrected chi connectivity index (χ4v) is 5.23. The molecule has 1 amide bonds. The largest absolute Gasteiger partial charge is 0.508 e. The summed E-state index contributed by atoms with van der Waals surface area (Å²) >= 11 is 0. The minimum Gasteiger partial charge on any atom is -0.440 e. The summed E-state index contributed by atoms with van der Waals surface area (Å²) in [4.78, 5) is 42.2. The second kappa shape index (κ2) is 22.9. The molecule has 0 spiro atoms. The molecule has 1 atom stereocenters. The van der Waals surface area contributed by atoms with E-state index in [0.29, 0.717) is 31.8 Å². The van der Waals surface area contributed by atoms with Crippen LogP contribution < -0.4 is 10.5 Å². The summed E-state index contributed by atoms with van der Waals surface area (Å²) < 4.78 is 88.9. The molecular weight excluding hydrogens is 741 g/mol. The molecule has 16 nitrogen and oxygen atoms in total. The standard InChI is InChI=1S/C36H45F3N2O14/c37-36(38,39)31-4-2-1-3-29(31)32-19-25-5-6-26(20-30(25)33(44)40-32)41-21-27(54-34(41)45)24-53-35(46)55-28(22-51-17-15-49-13-11-47-9-7-42)23-52-18-16-50-14-12-48-10-8-43/h1-6,19-20,27-28,42-43H,7-18,21-24H2,(H,40,44)/t27-/m0/s1. The molecule has 19 heteroatoms. The molecule has 3 N–H and O–H groups in total. The summed E-state index contributed by atoms with van der Waals surface area (Å²) in [6.45, 7) is 1.79. The van der Waals surface area contributed by atoms with Gasteiger partial charge in [0.05, 0.1) is 105 Å². The Labute approximate surface area is 313 Å². The SMILES string of the molecule is O=C(OC[C@@H]1CN(c2ccc3cc(-c4ccccc4C(F)(F)F)[nH]c(=O)c3c2)C(=O)O1)OC(COCCOCCOCCO)COCCOCCOCCO. The molecule has 0 radical (unpaired) electrons. The van der Waals surface area contributed by atoms with Crippen molar-refractivity contribution in [3.63, 3.8) is 0 Å². The van der Waals surface area contributed by atoms with Crippen LogP contribution in [0.1, 0.15) is 5.56 Å². The third-order valence-corrected chi connectivity index (χ3v) is 7.75. The van der Waals surface area contributed by atoms with Gasteiger partial charge < -0.3 is 57.8 Å². The van der Waals surface area contributed by atoms with Crippen LogP contribution in [0.4, 0.5) is 28.4 Å². The molecule has 1 fully saturated rings. The van der Waals surface area contributed by atoms with Crippen molar-refractivity contribution in [1.82, 2.24) is 4.98 Å². The fourth-order valence-electron chi connectivity index (χ4n) is 5.23. The van der Waals surface area contributed by atoms with Gasteiger partial charge in [-0.1, -0.05) is 24.3 Å². The van der Waals surface area contributed by atoms with Crippen LogP contribution in [0.5, 0.6) is 0 Å². The van der Waals surface area contributed by atoms with Crippen molar-refractivity contribution in [2.24, 2.45) is 0 Å². The van der Waals surface area contributed by atoms with Crippen molar-refractivity contribution in [3.8, 4) is 11.3 Å². The Morgan fingerprint density at radius 3 is 2.00 bits per heavy atom. The Bertz CT molecular complexity index is 1670. The lowest BCUT2D eigenvalue weighted by Crippen LogP contribution is -2.32. The lowest BCUT2D eigenvalue weighted by molar-refractivity contribution is -0.137. The molecule has 1 aliphatic rings. The normalized spacial score (nSPS) is 14.5. The van der Waals surface area contributed by atoms with E-state index in [-0.39, 0.29) is 102 Å². The number of anilines is 1. The summed E-state index contributed by atoms with van der Waals surface area (Å²) in [6.07, 6.45) is -8.24. The summed E-state index contributed by atoms with van der Waals surface area (Å²) in [6, 6.07) is 10.8. The summed E-state index contributed by atoms with van der Waals surface area (Å²) in [5.74, 6) is 0. The van der Waals surface area contributed by atoms with E-state index < -0.39 is 41.8 Å². The summed E-state index contributed by atoms with van der Waals surface area (Å²) in [7, 11) is 0. The van der Waals surface area contributed by atoms with E-state index in [4.69, 9.17) is 52.8 Å². The number of aromatic nitrogens is 1. The molecule has 0 bridgehead atoms. The Balaban J connectivity index is 1.27. The number of aliphatic hydroxyl groups is 2. The summed E-state index contributed by atoms with van der Waals surface area (Å²) in [5, 5.41) is 17.9. The fraction of sp³-hybridized carbons (Fsp3) is 0.528. The lowest BCUT2D eigenvalue weighted by atomic mass is 10.0. The average molecular weight is 787 g/mol. The smallest absolute Gasteiger partial charge is 0.440 e. The molecule has 2 aromatic carbocycles. The molecule has 304 valence electrons. The number of amides is 1. The van der Waals surface area contributed by atoms with Gasteiger partial charge in [-0.2, -0.15) is 13.2 Å². The van der Waals surface area contributed by atoms with Gasteiger partial charge in [0.15, 0.2) is 12.2 Å². The third kappa shape index (κ3) is 14.4. The number of aliphatic hydroxyl groups excluding tert-OH is 2. The van der Waals surface area contributed by atoms with Crippen LogP contribution in [-0.2, 0) is 48.8 Å². The molecular formula is C36H45F3N2O14. The number of benzene rings is 2. The van der Waals surface area contributed by atoms with Gasteiger partial charge >= 0.3 is 18.4 Å². The Hall–Kier alpha value is -4.34. The highest BCUT2D eigenvalue weighted by molar-refractivity contribution is 5.94. The number of pyridine rings is 1. The van der Waals surface area contributed by atoms with Crippen LogP contribution in [0.2, 0.25) is 0 Å². The van der Waals surface area contributed by atoms with Gasteiger partial charge in [-0.3, -0.25) is 9.69 Å². The van der Waals surface area contributed by atoms with E-state index in [0.717, 1.165) is 6.07 Å². The van der Waals surface area contributed by atoms with Crippen LogP contribution in [0.25, 0.3) is 22.0 Å². The lowest BCUT2D eigenvalue weighted by Gasteiger charge is -2.19. The number of fused-ring (bicyclic) bond motifs is 1. The van der Waals surface area contributed by atoms with E-state index in [2.05, 4.69) is 4.98 Å². The molecule has 0 unspecified atom stereocenters. The highest BCUT2D eigenvalue weighted by Gasteiger charge is 2.35. The molecule has 1 saturated heterocycles. The minimum atomic E-state index is -4.63. The number of aromatic amines is 1. The maximum atomic E-state index is 13.6. The van der Waals surface area contributed by atoms with Gasteiger partial charge in [-0.25, -0.2) is 9.59 Å². The monoisotopic (exact) mass is 786 g/mol. The third-order valence-electron chi connectivity index (χ3n) is 7.75.